The molecular formula is C12H13N3O2. The summed E-state index contributed by atoms with van der Waals surface area (Å²) >= 11 is 0. The quantitative estimate of drug-likeness (QED) is 0.828. The van der Waals surface area contributed by atoms with Crippen LogP contribution in [0, 0.1) is 0 Å². The Morgan fingerprint density at radius 3 is 2.82 bits per heavy atom. The third-order valence-corrected chi connectivity index (χ3v) is 2.30. The molecule has 2 aromatic rings. The first-order chi connectivity index (χ1) is 8.25. The van der Waals surface area contributed by atoms with Crippen LogP contribution in [0.15, 0.2) is 47.2 Å². The molecule has 0 aliphatic heterocycles. The molecule has 0 radical (unpaired) electrons. The number of benzene rings is 1. The molecule has 0 aliphatic carbocycles. The molecule has 0 saturated carbocycles. The molecule has 0 saturated heterocycles. The second-order valence-corrected chi connectivity index (χ2v) is 3.62. The maximum absolute atomic E-state index is 11.7. The van der Waals surface area contributed by atoms with Crippen molar-refractivity contribution in [3.63, 3.8) is 0 Å². The number of carbonyl (C=O) groups excluding carboxylic acids is 1. The minimum atomic E-state index is -0.621. The smallest absolute Gasteiger partial charge is 0.301 e. The molecule has 3 N–H and O–H groups in total. The van der Waals surface area contributed by atoms with Gasteiger partial charge in [0.1, 0.15) is 6.26 Å². The SMILES string of the molecule is NC(Cc1ccccc1)C(=O)Nc1ncco1. The predicted octanol–water partition coefficient (Wildman–Crippen LogP) is 1.18. The largest absolute Gasteiger partial charge is 0.432 e. The molecular weight excluding hydrogens is 218 g/mol. The minimum Gasteiger partial charge on any atom is -0.432 e. The number of carbonyl (C=O) groups is 1. The normalized spacial score (nSPS) is 12.1. The number of rotatable bonds is 4. The average molecular weight is 231 g/mol. The van der Waals surface area contributed by atoms with Crippen LogP contribution in [0.5, 0.6) is 0 Å². The maximum atomic E-state index is 11.7. The van der Waals surface area contributed by atoms with Crippen molar-refractivity contribution in [1.29, 1.82) is 0 Å². The van der Waals surface area contributed by atoms with E-state index in [9.17, 15) is 4.79 Å². The van der Waals surface area contributed by atoms with Gasteiger partial charge in [-0.05, 0) is 12.0 Å². The van der Waals surface area contributed by atoms with Crippen molar-refractivity contribution in [1.82, 2.24) is 4.98 Å². The monoisotopic (exact) mass is 231 g/mol. The van der Waals surface area contributed by atoms with E-state index >= 15 is 0 Å². The Hall–Kier alpha value is -2.14. The van der Waals surface area contributed by atoms with Crippen molar-refractivity contribution < 1.29 is 9.21 Å². The Balaban J connectivity index is 1.92. The van der Waals surface area contributed by atoms with Gasteiger partial charge in [0, 0.05) is 0 Å². The lowest BCUT2D eigenvalue weighted by atomic mass is 10.1. The first-order valence-electron chi connectivity index (χ1n) is 5.25. The highest BCUT2D eigenvalue weighted by Crippen LogP contribution is 2.05. The molecule has 5 nitrogen and oxygen atoms in total. The van der Waals surface area contributed by atoms with Crippen LogP contribution in [0.25, 0.3) is 0 Å². The Labute approximate surface area is 98.6 Å². The topological polar surface area (TPSA) is 81.2 Å². The summed E-state index contributed by atoms with van der Waals surface area (Å²) in [4.78, 5) is 15.5. The van der Waals surface area contributed by atoms with E-state index in [0.29, 0.717) is 6.42 Å². The zero-order chi connectivity index (χ0) is 12.1. The minimum absolute atomic E-state index is 0.165. The number of nitrogens with one attached hydrogen (secondary N) is 1. The van der Waals surface area contributed by atoms with Crippen LogP contribution < -0.4 is 11.1 Å². The van der Waals surface area contributed by atoms with Crippen molar-refractivity contribution in [3.8, 4) is 0 Å². The molecule has 17 heavy (non-hydrogen) atoms. The van der Waals surface area contributed by atoms with Crippen molar-refractivity contribution in [2.75, 3.05) is 5.32 Å². The zero-order valence-corrected chi connectivity index (χ0v) is 9.17. The van der Waals surface area contributed by atoms with Crippen LogP contribution >= 0.6 is 0 Å². The van der Waals surface area contributed by atoms with Gasteiger partial charge in [-0.15, -0.1) is 0 Å². The second kappa shape index (κ2) is 5.27. The highest BCUT2D eigenvalue weighted by Gasteiger charge is 2.15. The number of oxazole rings is 1. The van der Waals surface area contributed by atoms with E-state index in [1.54, 1.807) is 0 Å². The summed E-state index contributed by atoms with van der Waals surface area (Å²) in [7, 11) is 0. The number of nitrogens with two attached hydrogens (primary N) is 1. The number of aromatic nitrogens is 1. The van der Waals surface area contributed by atoms with Crippen molar-refractivity contribution in [2.45, 2.75) is 12.5 Å². The molecule has 1 aromatic heterocycles. The molecule has 0 fully saturated rings. The molecule has 1 amide bonds. The molecule has 0 spiro atoms. The molecule has 1 aromatic carbocycles. The summed E-state index contributed by atoms with van der Waals surface area (Å²) in [6, 6.07) is 9.14. The van der Waals surface area contributed by atoms with Gasteiger partial charge < -0.3 is 10.2 Å². The van der Waals surface area contributed by atoms with Crippen LogP contribution in [0.1, 0.15) is 5.56 Å². The van der Waals surface area contributed by atoms with Crippen LogP contribution in [0.3, 0.4) is 0 Å². The fourth-order valence-electron chi connectivity index (χ4n) is 1.44. The predicted molar refractivity (Wildman–Crippen MR) is 63.3 cm³/mol. The van der Waals surface area contributed by atoms with E-state index in [0.717, 1.165) is 5.56 Å². The standard InChI is InChI=1S/C12H13N3O2/c13-10(8-9-4-2-1-3-5-9)11(16)15-12-14-6-7-17-12/h1-7,10H,8,13H2,(H,14,15,16). The number of amides is 1. The lowest BCUT2D eigenvalue weighted by Crippen LogP contribution is -2.37. The number of anilines is 1. The van der Waals surface area contributed by atoms with Crippen LogP contribution in [-0.2, 0) is 11.2 Å². The molecule has 0 aliphatic rings. The summed E-state index contributed by atoms with van der Waals surface area (Å²) in [6.45, 7) is 0. The molecule has 2 rings (SSSR count). The highest BCUT2D eigenvalue weighted by molar-refractivity contribution is 5.93. The molecule has 1 unspecified atom stereocenters. The van der Waals surface area contributed by atoms with Gasteiger partial charge in [-0.2, -0.15) is 0 Å². The number of hydrogen-bond acceptors (Lipinski definition) is 4. The molecule has 1 heterocycles. The third-order valence-electron chi connectivity index (χ3n) is 2.30. The van der Waals surface area contributed by atoms with Gasteiger partial charge in [0.15, 0.2) is 0 Å². The first kappa shape index (κ1) is 11.3. The number of nitrogens with zero attached hydrogens (tertiary/aromatic N) is 1. The van der Waals surface area contributed by atoms with Crippen LogP contribution in [0.4, 0.5) is 6.01 Å². The number of hydrogen-bond donors (Lipinski definition) is 2. The molecule has 0 bridgehead atoms. The Morgan fingerprint density at radius 2 is 2.18 bits per heavy atom. The van der Waals surface area contributed by atoms with E-state index in [1.165, 1.54) is 12.5 Å². The Bertz CT molecular complexity index is 468. The highest BCUT2D eigenvalue weighted by atomic mass is 16.4. The van der Waals surface area contributed by atoms with Gasteiger partial charge in [-0.3, -0.25) is 10.1 Å². The van der Waals surface area contributed by atoms with E-state index < -0.39 is 6.04 Å². The second-order valence-electron chi connectivity index (χ2n) is 3.62. The molecule has 5 heteroatoms. The van der Waals surface area contributed by atoms with Gasteiger partial charge >= 0.3 is 6.01 Å². The van der Waals surface area contributed by atoms with Crippen molar-refractivity contribution >= 4 is 11.9 Å². The summed E-state index contributed by atoms with van der Waals surface area (Å²) in [5.74, 6) is -0.309. The van der Waals surface area contributed by atoms with Crippen LogP contribution in [-0.4, -0.2) is 16.9 Å². The fourth-order valence-corrected chi connectivity index (χ4v) is 1.44. The summed E-state index contributed by atoms with van der Waals surface area (Å²) < 4.78 is 4.91. The Morgan fingerprint density at radius 1 is 1.41 bits per heavy atom. The van der Waals surface area contributed by atoms with Crippen molar-refractivity contribution in [3.05, 3.63) is 48.4 Å². The summed E-state index contributed by atoms with van der Waals surface area (Å²) in [5, 5.41) is 2.50. The van der Waals surface area contributed by atoms with E-state index in [4.69, 9.17) is 10.2 Å². The zero-order valence-electron chi connectivity index (χ0n) is 9.17. The Kier molecular flexibility index (Phi) is 3.52. The molecule has 88 valence electrons. The van der Waals surface area contributed by atoms with Crippen molar-refractivity contribution in [2.24, 2.45) is 5.73 Å². The van der Waals surface area contributed by atoms with E-state index in [2.05, 4.69) is 10.3 Å². The summed E-state index contributed by atoms with van der Waals surface area (Å²) in [6.07, 6.45) is 3.32. The van der Waals surface area contributed by atoms with E-state index in [-0.39, 0.29) is 11.9 Å². The van der Waals surface area contributed by atoms with Gasteiger partial charge in [-0.1, -0.05) is 30.3 Å². The maximum Gasteiger partial charge on any atom is 0.301 e. The lowest BCUT2D eigenvalue weighted by molar-refractivity contribution is -0.117. The van der Waals surface area contributed by atoms with Gasteiger partial charge in [0.25, 0.3) is 0 Å². The van der Waals surface area contributed by atoms with Crippen LogP contribution in [0.2, 0.25) is 0 Å². The summed E-state index contributed by atoms with van der Waals surface area (Å²) in [5.41, 5.74) is 6.80. The molecule has 1 atom stereocenters. The third kappa shape index (κ3) is 3.15. The fraction of sp³-hybridized carbons (Fsp3) is 0.167. The average Bonchev–Trinajstić information content (AvgIpc) is 2.83. The van der Waals surface area contributed by atoms with Gasteiger partial charge in [0.2, 0.25) is 5.91 Å². The van der Waals surface area contributed by atoms with Gasteiger partial charge in [-0.25, -0.2) is 4.98 Å². The van der Waals surface area contributed by atoms with Gasteiger partial charge in [0.05, 0.1) is 12.2 Å². The first-order valence-corrected chi connectivity index (χ1v) is 5.25. The lowest BCUT2D eigenvalue weighted by Gasteiger charge is -2.10. The van der Waals surface area contributed by atoms with E-state index in [1.807, 2.05) is 30.3 Å².